The molecule has 0 amide bonds. The number of aryl methyl sites for hydroxylation is 1. The SMILES string of the molecule is CCNCCc1nnc(CCC(C)C)o1. The lowest BCUT2D eigenvalue weighted by atomic mass is 10.1. The van der Waals surface area contributed by atoms with Crippen LogP contribution in [0.1, 0.15) is 39.0 Å². The topological polar surface area (TPSA) is 51.0 Å². The molecule has 0 saturated heterocycles. The first-order valence-electron chi connectivity index (χ1n) is 5.74. The Labute approximate surface area is 91.5 Å². The summed E-state index contributed by atoms with van der Waals surface area (Å²) in [5.41, 5.74) is 0. The number of hydrogen-bond acceptors (Lipinski definition) is 4. The number of aromatic nitrogens is 2. The standard InChI is InChI=1S/C11H21N3O/c1-4-12-8-7-11-14-13-10(15-11)6-5-9(2)3/h9,12H,4-8H2,1-3H3. The molecule has 0 unspecified atom stereocenters. The molecule has 1 rings (SSSR count). The quantitative estimate of drug-likeness (QED) is 0.699. The van der Waals surface area contributed by atoms with E-state index in [0.29, 0.717) is 5.92 Å². The van der Waals surface area contributed by atoms with Gasteiger partial charge in [0.1, 0.15) is 0 Å². The first kappa shape index (κ1) is 12.2. The van der Waals surface area contributed by atoms with Gasteiger partial charge in [0, 0.05) is 19.4 Å². The Morgan fingerprint density at radius 3 is 2.47 bits per heavy atom. The molecule has 1 heterocycles. The van der Waals surface area contributed by atoms with Crippen molar-refractivity contribution in [3.8, 4) is 0 Å². The van der Waals surface area contributed by atoms with Gasteiger partial charge in [-0.2, -0.15) is 0 Å². The van der Waals surface area contributed by atoms with Gasteiger partial charge in [-0.25, -0.2) is 0 Å². The summed E-state index contributed by atoms with van der Waals surface area (Å²) in [6, 6.07) is 0. The smallest absolute Gasteiger partial charge is 0.217 e. The van der Waals surface area contributed by atoms with E-state index >= 15 is 0 Å². The molecule has 0 radical (unpaired) electrons. The van der Waals surface area contributed by atoms with Gasteiger partial charge in [0.25, 0.3) is 0 Å². The van der Waals surface area contributed by atoms with E-state index in [9.17, 15) is 0 Å². The predicted molar refractivity (Wildman–Crippen MR) is 59.7 cm³/mol. The molecule has 0 spiro atoms. The second kappa shape index (κ2) is 6.56. The summed E-state index contributed by atoms with van der Waals surface area (Å²) in [6.07, 6.45) is 2.82. The molecule has 0 atom stereocenters. The molecule has 1 aromatic heterocycles. The van der Waals surface area contributed by atoms with Crippen molar-refractivity contribution in [2.75, 3.05) is 13.1 Å². The second-order valence-electron chi connectivity index (χ2n) is 4.13. The van der Waals surface area contributed by atoms with Crippen LogP contribution in [0.4, 0.5) is 0 Å². The van der Waals surface area contributed by atoms with Crippen LogP contribution in [0.5, 0.6) is 0 Å². The van der Waals surface area contributed by atoms with Crippen LogP contribution in [0, 0.1) is 5.92 Å². The summed E-state index contributed by atoms with van der Waals surface area (Å²) >= 11 is 0. The van der Waals surface area contributed by atoms with Gasteiger partial charge in [0.15, 0.2) is 0 Å². The summed E-state index contributed by atoms with van der Waals surface area (Å²) < 4.78 is 5.52. The van der Waals surface area contributed by atoms with Gasteiger partial charge in [-0.15, -0.1) is 10.2 Å². The van der Waals surface area contributed by atoms with E-state index in [0.717, 1.165) is 44.1 Å². The minimum Gasteiger partial charge on any atom is -0.425 e. The lowest BCUT2D eigenvalue weighted by Crippen LogP contribution is -2.16. The fraction of sp³-hybridized carbons (Fsp3) is 0.818. The normalized spacial score (nSPS) is 11.2. The molecule has 1 N–H and O–H groups in total. The first-order chi connectivity index (χ1) is 7.22. The van der Waals surface area contributed by atoms with Gasteiger partial charge in [0.2, 0.25) is 11.8 Å². The zero-order chi connectivity index (χ0) is 11.1. The van der Waals surface area contributed by atoms with Gasteiger partial charge in [-0.1, -0.05) is 20.8 Å². The Balaban J connectivity index is 2.29. The van der Waals surface area contributed by atoms with Crippen molar-refractivity contribution >= 4 is 0 Å². The predicted octanol–water partition coefficient (Wildman–Crippen LogP) is 1.81. The number of nitrogens with zero attached hydrogens (tertiary/aromatic N) is 2. The Morgan fingerprint density at radius 1 is 1.20 bits per heavy atom. The zero-order valence-electron chi connectivity index (χ0n) is 9.92. The highest BCUT2D eigenvalue weighted by atomic mass is 16.4. The van der Waals surface area contributed by atoms with Crippen molar-refractivity contribution < 1.29 is 4.42 Å². The molecule has 0 aliphatic rings. The highest BCUT2D eigenvalue weighted by Gasteiger charge is 2.06. The minimum absolute atomic E-state index is 0.683. The maximum atomic E-state index is 5.52. The van der Waals surface area contributed by atoms with Gasteiger partial charge >= 0.3 is 0 Å². The lowest BCUT2D eigenvalue weighted by Gasteiger charge is -1.99. The molecule has 0 aliphatic heterocycles. The summed E-state index contributed by atoms with van der Waals surface area (Å²) in [5.74, 6) is 2.20. The van der Waals surface area contributed by atoms with Crippen molar-refractivity contribution in [2.45, 2.75) is 40.0 Å². The molecular formula is C11H21N3O. The van der Waals surface area contributed by atoms with E-state index < -0.39 is 0 Å². The number of rotatable bonds is 7. The fourth-order valence-corrected chi connectivity index (χ4v) is 1.27. The molecular weight excluding hydrogens is 190 g/mol. The van der Waals surface area contributed by atoms with E-state index in [-0.39, 0.29) is 0 Å². The van der Waals surface area contributed by atoms with E-state index in [1.54, 1.807) is 0 Å². The largest absolute Gasteiger partial charge is 0.425 e. The van der Waals surface area contributed by atoms with E-state index in [4.69, 9.17) is 4.42 Å². The highest BCUT2D eigenvalue weighted by molar-refractivity contribution is 4.83. The average Bonchev–Trinajstić information content (AvgIpc) is 2.63. The third kappa shape index (κ3) is 4.93. The van der Waals surface area contributed by atoms with E-state index in [2.05, 4.69) is 36.3 Å². The maximum absolute atomic E-state index is 5.52. The molecule has 4 nitrogen and oxygen atoms in total. The van der Waals surface area contributed by atoms with Crippen LogP contribution in [0.25, 0.3) is 0 Å². The number of likely N-dealkylation sites (N-methyl/N-ethyl adjacent to an activating group) is 1. The summed E-state index contributed by atoms with van der Waals surface area (Å²) in [5, 5.41) is 11.3. The maximum Gasteiger partial charge on any atom is 0.217 e. The highest BCUT2D eigenvalue weighted by Crippen LogP contribution is 2.08. The summed E-state index contributed by atoms with van der Waals surface area (Å²) in [6.45, 7) is 8.36. The summed E-state index contributed by atoms with van der Waals surface area (Å²) in [4.78, 5) is 0. The third-order valence-corrected chi connectivity index (χ3v) is 2.21. The van der Waals surface area contributed by atoms with Gasteiger partial charge < -0.3 is 9.73 Å². The molecule has 0 saturated carbocycles. The van der Waals surface area contributed by atoms with Crippen LogP contribution >= 0.6 is 0 Å². The van der Waals surface area contributed by atoms with Crippen molar-refractivity contribution in [1.29, 1.82) is 0 Å². The van der Waals surface area contributed by atoms with Crippen LogP contribution in [-0.2, 0) is 12.8 Å². The zero-order valence-corrected chi connectivity index (χ0v) is 9.92. The lowest BCUT2D eigenvalue weighted by molar-refractivity contribution is 0.426. The van der Waals surface area contributed by atoms with Gasteiger partial charge in [0.05, 0.1) is 0 Å². The van der Waals surface area contributed by atoms with Crippen molar-refractivity contribution in [1.82, 2.24) is 15.5 Å². The van der Waals surface area contributed by atoms with Crippen LogP contribution in [0.3, 0.4) is 0 Å². The Hall–Kier alpha value is -0.900. The van der Waals surface area contributed by atoms with Crippen LogP contribution in [0.2, 0.25) is 0 Å². The van der Waals surface area contributed by atoms with Crippen LogP contribution in [0.15, 0.2) is 4.42 Å². The molecule has 4 heteroatoms. The molecule has 15 heavy (non-hydrogen) atoms. The molecule has 0 bridgehead atoms. The van der Waals surface area contributed by atoms with Gasteiger partial charge in [-0.3, -0.25) is 0 Å². The van der Waals surface area contributed by atoms with Crippen molar-refractivity contribution in [3.05, 3.63) is 11.8 Å². The molecule has 86 valence electrons. The summed E-state index contributed by atoms with van der Waals surface area (Å²) in [7, 11) is 0. The first-order valence-corrected chi connectivity index (χ1v) is 5.74. The second-order valence-corrected chi connectivity index (χ2v) is 4.13. The Bertz CT molecular complexity index is 271. The monoisotopic (exact) mass is 211 g/mol. The minimum atomic E-state index is 0.683. The van der Waals surface area contributed by atoms with E-state index in [1.807, 2.05) is 0 Å². The molecule has 0 fully saturated rings. The number of hydrogen-bond donors (Lipinski definition) is 1. The molecule has 0 aliphatic carbocycles. The Morgan fingerprint density at radius 2 is 1.87 bits per heavy atom. The average molecular weight is 211 g/mol. The van der Waals surface area contributed by atoms with Crippen LogP contribution in [-0.4, -0.2) is 23.3 Å². The fourth-order valence-electron chi connectivity index (χ4n) is 1.27. The van der Waals surface area contributed by atoms with Crippen molar-refractivity contribution in [2.24, 2.45) is 5.92 Å². The van der Waals surface area contributed by atoms with Gasteiger partial charge in [-0.05, 0) is 18.9 Å². The molecule has 0 aromatic carbocycles. The van der Waals surface area contributed by atoms with Crippen LogP contribution < -0.4 is 5.32 Å². The third-order valence-electron chi connectivity index (χ3n) is 2.21. The Kier molecular flexibility index (Phi) is 5.32. The van der Waals surface area contributed by atoms with Crippen molar-refractivity contribution in [3.63, 3.8) is 0 Å². The molecule has 1 aromatic rings. The van der Waals surface area contributed by atoms with E-state index in [1.165, 1.54) is 0 Å². The number of nitrogens with one attached hydrogen (secondary N) is 1.